The van der Waals surface area contributed by atoms with Gasteiger partial charge in [-0.25, -0.2) is 15.0 Å². The highest BCUT2D eigenvalue weighted by Crippen LogP contribution is 2.52. The van der Waals surface area contributed by atoms with E-state index >= 15 is 0 Å². The summed E-state index contributed by atoms with van der Waals surface area (Å²) in [4.78, 5) is 25.6. The van der Waals surface area contributed by atoms with E-state index in [0.717, 1.165) is 24.0 Å². The first-order valence-electron chi connectivity index (χ1n) is 9.20. The molecule has 0 unspecified atom stereocenters. The Labute approximate surface area is 180 Å². The van der Waals surface area contributed by atoms with Gasteiger partial charge in [-0.1, -0.05) is 0 Å². The zero-order chi connectivity index (χ0) is 21.5. The topological polar surface area (TPSA) is 106 Å². The molecule has 0 radical (unpaired) electrons. The molecule has 2 aromatic rings. The minimum absolute atomic E-state index is 0.0605. The Morgan fingerprint density at radius 3 is 2.83 bits per heavy atom. The van der Waals surface area contributed by atoms with Crippen molar-refractivity contribution >= 4 is 41.0 Å². The number of alkyl halides is 2. The third kappa shape index (κ3) is 4.19. The molecule has 160 valence electrons. The first-order chi connectivity index (χ1) is 14.3. The first-order valence-corrected chi connectivity index (χ1v) is 10.9. The normalized spacial score (nSPS) is 24.0. The van der Waals surface area contributed by atoms with Gasteiger partial charge in [0.25, 0.3) is 5.91 Å². The van der Waals surface area contributed by atoms with Crippen molar-refractivity contribution in [3.63, 3.8) is 0 Å². The molecule has 0 aromatic carbocycles. The highest BCUT2D eigenvalue weighted by atomic mass is 32.2. The van der Waals surface area contributed by atoms with Crippen LogP contribution in [0.1, 0.15) is 35.3 Å². The summed E-state index contributed by atoms with van der Waals surface area (Å²) >= 11 is 3.08. The van der Waals surface area contributed by atoms with Crippen LogP contribution in [0.15, 0.2) is 28.7 Å². The molecule has 2 aromatic heterocycles. The number of nitrogens with one attached hydrogen (secondary N) is 1. The number of nitrogens with two attached hydrogens (primary N) is 1. The standard InChI is InChI=1S/C18H20F2N6O2S2/c1-18(13(9-3-4-9)30-26(2)17(21)25-18)15-24-12(8-29-15)23-14(27)11-6-5-10(7-22-11)28-16(19)20/h5-9,13,16H,3-4H2,1-2H3,(H2,21,25)(H,23,27)/t13-,18-/m0/s1. The molecule has 1 fully saturated rings. The van der Waals surface area contributed by atoms with Crippen molar-refractivity contribution in [2.45, 2.75) is 37.2 Å². The highest BCUT2D eigenvalue weighted by Gasteiger charge is 2.50. The van der Waals surface area contributed by atoms with E-state index in [0.29, 0.717) is 17.7 Å². The van der Waals surface area contributed by atoms with Gasteiger partial charge < -0.3 is 15.8 Å². The number of nitrogens with zero attached hydrogens (tertiary/aromatic N) is 4. The summed E-state index contributed by atoms with van der Waals surface area (Å²) < 4.78 is 30.6. The van der Waals surface area contributed by atoms with Gasteiger partial charge in [-0.15, -0.1) is 11.3 Å². The molecule has 1 saturated carbocycles. The number of thiazole rings is 1. The fourth-order valence-electron chi connectivity index (χ4n) is 3.24. The van der Waals surface area contributed by atoms with Crippen LogP contribution in [0.3, 0.4) is 0 Å². The predicted molar refractivity (Wildman–Crippen MR) is 112 cm³/mol. The monoisotopic (exact) mass is 454 g/mol. The van der Waals surface area contributed by atoms with Gasteiger partial charge in [-0.2, -0.15) is 8.78 Å². The van der Waals surface area contributed by atoms with E-state index in [4.69, 9.17) is 10.7 Å². The average molecular weight is 455 g/mol. The molecule has 1 amide bonds. The quantitative estimate of drug-likeness (QED) is 0.645. The van der Waals surface area contributed by atoms with Gasteiger partial charge in [-0.05, 0) is 49.8 Å². The lowest BCUT2D eigenvalue weighted by Gasteiger charge is -2.39. The SMILES string of the molecule is CN1S[C@@H](C2CC2)[C@@](C)(c2nc(NC(=O)c3ccc(OC(F)F)cn3)cs2)N=C1N. The van der Waals surface area contributed by atoms with Crippen LogP contribution in [0.25, 0.3) is 0 Å². The van der Waals surface area contributed by atoms with Crippen molar-refractivity contribution in [2.24, 2.45) is 16.6 Å². The maximum atomic E-state index is 12.4. The maximum absolute atomic E-state index is 12.4. The first kappa shape index (κ1) is 20.8. The van der Waals surface area contributed by atoms with Crippen molar-refractivity contribution in [3.05, 3.63) is 34.4 Å². The molecular formula is C18H20F2N6O2S2. The number of anilines is 1. The number of halogens is 2. The van der Waals surface area contributed by atoms with Crippen LogP contribution in [0.5, 0.6) is 5.75 Å². The lowest BCUT2D eigenvalue weighted by atomic mass is 9.95. The number of carbonyl (C=O) groups excluding carboxylic acids is 1. The third-order valence-electron chi connectivity index (χ3n) is 4.92. The molecule has 3 N–H and O–H groups in total. The van der Waals surface area contributed by atoms with Crippen LogP contribution in [0, 0.1) is 5.92 Å². The number of aliphatic imine (C=N–C) groups is 1. The third-order valence-corrected chi connectivity index (χ3v) is 7.56. The van der Waals surface area contributed by atoms with Gasteiger partial charge in [0.15, 0.2) is 0 Å². The van der Waals surface area contributed by atoms with E-state index in [2.05, 4.69) is 20.0 Å². The Balaban J connectivity index is 1.50. The summed E-state index contributed by atoms with van der Waals surface area (Å²) in [5, 5.41) is 5.41. The molecule has 1 aliphatic heterocycles. The lowest BCUT2D eigenvalue weighted by molar-refractivity contribution is -0.0500. The largest absolute Gasteiger partial charge is 0.433 e. The minimum Gasteiger partial charge on any atom is -0.433 e. The van der Waals surface area contributed by atoms with Gasteiger partial charge in [0, 0.05) is 12.4 Å². The molecule has 2 atom stereocenters. The van der Waals surface area contributed by atoms with Gasteiger partial charge in [0.2, 0.25) is 5.96 Å². The Hall–Kier alpha value is -2.47. The van der Waals surface area contributed by atoms with Crippen molar-refractivity contribution in [1.82, 2.24) is 14.3 Å². The number of guanidine groups is 1. The van der Waals surface area contributed by atoms with Gasteiger partial charge in [-0.3, -0.25) is 9.10 Å². The number of aromatic nitrogens is 2. The van der Waals surface area contributed by atoms with Crippen LogP contribution >= 0.6 is 23.3 Å². The Morgan fingerprint density at radius 1 is 1.43 bits per heavy atom. The van der Waals surface area contributed by atoms with E-state index in [1.807, 2.05) is 18.3 Å². The molecule has 30 heavy (non-hydrogen) atoms. The molecule has 1 aliphatic carbocycles. The van der Waals surface area contributed by atoms with Crippen LogP contribution in [0.2, 0.25) is 0 Å². The molecule has 0 spiro atoms. The second-order valence-corrected chi connectivity index (χ2v) is 9.35. The zero-order valence-electron chi connectivity index (χ0n) is 16.2. The molecule has 0 saturated heterocycles. The van der Waals surface area contributed by atoms with Crippen LogP contribution < -0.4 is 15.8 Å². The summed E-state index contributed by atoms with van der Waals surface area (Å²) in [7, 11) is 1.90. The Morgan fingerprint density at radius 2 is 2.20 bits per heavy atom. The van der Waals surface area contributed by atoms with Crippen LogP contribution in [0.4, 0.5) is 14.6 Å². The summed E-state index contributed by atoms with van der Waals surface area (Å²) in [6.45, 7) is -0.925. The number of hydrogen-bond donors (Lipinski definition) is 2. The maximum Gasteiger partial charge on any atom is 0.387 e. The molecular weight excluding hydrogens is 434 g/mol. The van der Waals surface area contributed by atoms with E-state index in [9.17, 15) is 13.6 Å². The number of pyridine rings is 1. The summed E-state index contributed by atoms with van der Waals surface area (Å²) in [5.74, 6) is 0.755. The molecule has 4 rings (SSSR count). The molecule has 8 nitrogen and oxygen atoms in total. The van der Waals surface area contributed by atoms with Crippen molar-refractivity contribution in [2.75, 3.05) is 12.4 Å². The summed E-state index contributed by atoms with van der Waals surface area (Å²) in [6.07, 6.45) is 3.38. The van der Waals surface area contributed by atoms with Gasteiger partial charge in [0.1, 0.15) is 27.8 Å². The average Bonchev–Trinajstić information content (AvgIpc) is 3.42. The number of carbonyl (C=O) groups is 1. The molecule has 2 aliphatic rings. The van der Waals surface area contributed by atoms with E-state index in [1.165, 1.54) is 23.5 Å². The summed E-state index contributed by atoms with van der Waals surface area (Å²) in [6, 6.07) is 2.57. The second-order valence-electron chi connectivity index (χ2n) is 7.23. The van der Waals surface area contributed by atoms with Crippen LogP contribution in [-0.2, 0) is 5.54 Å². The number of ether oxygens (including phenoxy) is 1. The fraction of sp³-hybridized carbons (Fsp3) is 0.444. The summed E-state index contributed by atoms with van der Waals surface area (Å²) in [5.41, 5.74) is 5.56. The Kier molecular flexibility index (Phi) is 5.53. The smallest absolute Gasteiger partial charge is 0.387 e. The minimum atomic E-state index is -2.95. The van der Waals surface area contributed by atoms with E-state index in [1.54, 1.807) is 17.3 Å². The molecule has 0 bridgehead atoms. The Bertz CT molecular complexity index is 966. The number of rotatable bonds is 6. The fourth-order valence-corrected chi connectivity index (χ4v) is 5.52. The van der Waals surface area contributed by atoms with Gasteiger partial charge >= 0.3 is 6.61 Å². The zero-order valence-corrected chi connectivity index (χ0v) is 17.8. The van der Waals surface area contributed by atoms with Crippen molar-refractivity contribution in [1.29, 1.82) is 0 Å². The highest BCUT2D eigenvalue weighted by molar-refractivity contribution is 7.98. The van der Waals surface area contributed by atoms with Crippen LogP contribution in [-0.4, -0.2) is 45.0 Å². The van der Waals surface area contributed by atoms with Crippen molar-refractivity contribution in [3.8, 4) is 5.75 Å². The molecule has 3 heterocycles. The lowest BCUT2D eigenvalue weighted by Crippen LogP contribution is -2.46. The van der Waals surface area contributed by atoms with E-state index in [-0.39, 0.29) is 16.7 Å². The van der Waals surface area contributed by atoms with E-state index < -0.39 is 18.1 Å². The second kappa shape index (κ2) is 7.99. The number of hydrogen-bond acceptors (Lipinski definition) is 9. The number of amides is 1. The van der Waals surface area contributed by atoms with Crippen molar-refractivity contribution < 1.29 is 18.3 Å². The molecule has 12 heteroatoms. The van der Waals surface area contributed by atoms with Gasteiger partial charge in [0.05, 0.1) is 11.4 Å². The predicted octanol–water partition coefficient (Wildman–Crippen LogP) is 3.29.